The third kappa shape index (κ3) is 3.99. The molecule has 0 radical (unpaired) electrons. The van der Waals surface area contributed by atoms with Crippen molar-refractivity contribution in [3.63, 3.8) is 0 Å². The lowest BCUT2D eigenvalue weighted by molar-refractivity contribution is -0.138. The third-order valence-corrected chi connectivity index (χ3v) is 4.21. The van der Waals surface area contributed by atoms with E-state index in [0.29, 0.717) is 23.8 Å². The number of carbonyl (C=O) groups is 1. The summed E-state index contributed by atoms with van der Waals surface area (Å²) in [6, 6.07) is 7.11. The van der Waals surface area contributed by atoms with Crippen LogP contribution >= 0.6 is 0 Å². The second kappa shape index (κ2) is 8.48. The highest BCUT2D eigenvalue weighted by Gasteiger charge is 2.35. The molecule has 0 spiro atoms. The van der Waals surface area contributed by atoms with Crippen LogP contribution in [0, 0.1) is 0 Å². The number of unbranched alkanes of at least 4 members (excludes halogenated alkanes) is 1. The minimum Gasteiger partial charge on any atom is -0.494 e. The van der Waals surface area contributed by atoms with E-state index < -0.39 is 12.0 Å². The monoisotopic (exact) mass is 369 g/mol. The summed E-state index contributed by atoms with van der Waals surface area (Å²) in [5.41, 5.74) is 1.93. The van der Waals surface area contributed by atoms with Crippen LogP contribution in [0.2, 0.25) is 0 Å². The number of rotatable bonds is 8. The second-order valence-electron chi connectivity index (χ2n) is 6.17. The van der Waals surface area contributed by atoms with Crippen LogP contribution in [0.1, 0.15) is 38.3 Å². The largest absolute Gasteiger partial charge is 0.494 e. The molecular formula is C19H23N5O3. The van der Waals surface area contributed by atoms with Gasteiger partial charge in [-0.25, -0.2) is 4.79 Å². The van der Waals surface area contributed by atoms with Gasteiger partial charge in [0.1, 0.15) is 18.4 Å². The van der Waals surface area contributed by atoms with Crippen LogP contribution in [0.5, 0.6) is 5.75 Å². The van der Waals surface area contributed by atoms with Crippen LogP contribution in [-0.4, -0.2) is 39.4 Å². The number of anilines is 1. The van der Waals surface area contributed by atoms with Gasteiger partial charge in [-0.3, -0.25) is 0 Å². The highest BCUT2D eigenvalue weighted by molar-refractivity contribution is 5.92. The molecule has 1 N–H and O–H groups in total. The number of hydrogen-bond acceptors (Lipinski definition) is 7. The number of nitrogens with zero attached hydrogens (tertiary/aromatic N) is 4. The Morgan fingerprint density at radius 3 is 3.07 bits per heavy atom. The second-order valence-corrected chi connectivity index (χ2v) is 6.17. The van der Waals surface area contributed by atoms with Crippen molar-refractivity contribution >= 4 is 11.9 Å². The molecule has 1 aromatic carbocycles. The minimum atomic E-state index is -0.511. The quantitative estimate of drug-likeness (QED) is 0.434. The molecule has 8 nitrogen and oxygen atoms in total. The average Bonchev–Trinajstić information content (AvgIpc) is 3.13. The summed E-state index contributed by atoms with van der Waals surface area (Å²) >= 11 is 0. The summed E-state index contributed by atoms with van der Waals surface area (Å²) < 4.78 is 12.7. The Bertz CT molecular complexity index is 859. The molecule has 1 atom stereocenters. The molecule has 142 valence electrons. The van der Waals surface area contributed by atoms with Crippen LogP contribution in [-0.2, 0) is 9.53 Å². The summed E-state index contributed by atoms with van der Waals surface area (Å²) in [6.45, 7) is 8.28. The van der Waals surface area contributed by atoms with Crippen LogP contribution in [0.15, 0.2) is 48.2 Å². The molecule has 2 heterocycles. The van der Waals surface area contributed by atoms with Gasteiger partial charge in [0.25, 0.3) is 0 Å². The van der Waals surface area contributed by atoms with Crippen LogP contribution in [0.3, 0.4) is 0 Å². The fourth-order valence-electron chi connectivity index (χ4n) is 2.91. The topological polar surface area (TPSA) is 91.2 Å². The van der Waals surface area contributed by atoms with Crippen LogP contribution < -0.4 is 10.1 Å². The molecule has 27 heavy (non-hydrogen) atoms. The number of allylic oxidation sites excluding steroid dienone is 1. The first-order valence-corrected chi connectivity index (χ1v) is 8.92. The Balaban J connectivity index is 1.98. The summed E-state index contributed by atoms with van der Waals surface area (Å²) in [5, 5.41) is 14.8. The van der Waals surface area contributed by atoms with E-state index in [1.54, 1.807) is 11.6 Å². The molecule has 1 unspecified atom stereocenters. The lowest BCUT2D eigenvalue weighted by Gasteiger charge is -2.27. The predicted octanol–water partition coefficient (Wildman–Crippen LogP) is 2.87. The number of benzene rings is 1. The first kappa shape index (κ1) is 18.6. The molecule has 3 rings (SSSR count). The maximum absolute atomic E-state index is 12.7. The van der Waals surface area contributed by atoms with Gasteiger partial charge in [0, 0.05) is 5.70 Å². The molecule has 8 heteroatoms. The number of ether oxygens (including phenoxy) is 2. The van der Waals surface area contributed by atoms with Gasteiger partial charge in [-0.05, 0) is 41.5 Å². The maximum Gasteiger partial charge on any atom is 0.338 e. The first-order valence-electron chi connectivity index (χ1n) is 8.92. The van der Waals surface area contributed by atoms with E-state index in [2.05, 4.69) is 34.3 Å². The number of nitrogens with one attached hydrogen (secondary N) is 1. The Kier molecular flexibility index (Phi) is 5.85. The predicted molar refractivity (Wildman–Crippen MR) is 100 cm³/mol. The van der Waals surface area contributed by atoms with E-state index in [1.807, 2.05) is 24.3 Å². The first-order chi connectivity index (χ1) is 13.2. The number of hydrogen-bond donors (Lipinski definition) is 1. The lowest BCUT2D eigenvalue weighted by atomic mass is 9.95. The Labute approximate surface area is 157 Å². The van der Waals surface area contributed by atoms with E-state index >= 15 is 0 Å². The highest BCUT2D eigenvalue weighted by atomic mass is 16.5. The normalized spacial score (nSPS) is 15.7. The smallest absolute Gasteiger partial charge is 0.338 e. The van der Waals surface area contributed by atoms with Crippen molar-refractivity contribution in [2.45, 2.75) is 32.7 Å². The number of aromatic nitrogens is 4. The van der Waals surface area contributed by atoms with Crippen molar-refractivity contribution in [2.24, 2.45) is 0 Å². The highest BCUT2D eigenvalue weighted by Crippen LogP contribution is 2.36. The van der Waals surface area contributed by atoms with Gasteiger partial charge >= 0.3 is 5.97 Å². The molecule has 1 aliphatic rings. The molecule has 1 aromatic heterocycles. The van der Waals surface area contributed by atoms with Gasteiger partial charge in [0.15, 0.2) is 0 Å². The zero-order valence-electron chi connectivity index (χ0n) is 15.5. The van der Waals surface area contributed by atoms with E-state index in [0.717, 1.165) is 24.2 Å². The Morgan fingerprint density at radius 1 is 1.44 bits per heavy atom. The van der Waals surface area contributed by atoms with Crippen molar-refractivity contribution in [2.75, 3.05) is 18.5 Å². The van der Waals surface area contributed by atoms with Gasteiger partial charge in [0.05, 0.1) is 12.2 Å². The molecule has 0 saturated carbocycles. The Morgan fingerprint density at radius 2 is 2.30 bits per heavy atom. The minimum absolute atomic E-state index is 0.130. The summed E-state index contributed by atoms with van der Waals surface area (Å²) in [4.78, 5) is 12.7. The molecule has 1 aliphatic heterocycles. The standard InChI is InChI=1S/C19H23N5O3/c1-4-6-11-26-15-9-7-8-14(12-15)17-16(18(25)27-10-5-2)13(3)20-19-21-22-23-24(17)19/h5,7-9,12,17H,2,4,6,10-11H2,1,3H3,(H,20,21,23). The fourth-order valence-corrected chi connectivity index (χ4v) is 2.91. The fraction of sp³-hybridized carbons (Fsp3) is 0.368. The Hall–Kier alpha value is -3.16. The number of tetrazole rings is 1. The summed E-state index contributed by atoms with van der Waals surface area (Å²) in [7, 11) is 0. The van der Waals surface area contributed by atoms with Gasteiger partial charge in [-0.1, -0.05) is 43.2 Å². The molecule has 0 bridgehead atoms. The molecule has 0 aliphatic carbocycles. The van der Waals surface area contributed by atoms with Crippen molar-refractivity contribution in [3.05, 3.63) is 53.8 Å². The summed E-state index contributed by atoms with van der Waals surface area (Å²) in [5.74, 6) is 0.768. The number of esters is 1. The van der Waals surface area contributed by atoms with Crippen LogP contribution in [0.4, 0.5) is 5.95 Å². The van der Waals surface area contributed by atoms with E-state index in [-0.39, 0.29) is 6.61 Å². The van der Waals surface area contributed by atoms with Crippen molar-refractivity contribution in [3.8, 4) is 5.75 Å². The third-order valence-electron chi connectivity index (χ3n) is 4.21. The SMILES string of the molecule is C=CCOC(=O)C1=C(C)Nc2nnnn2C1c1cccc(OCCCC)c1. The van der Waals surface area contributed by atoms with E-state index in [1.165, 1.54) is 6.08 Å². The molecule has 2 aromatic rings. The molecular weight excluding hydrogens is 346 g/mol. The maximum atomic E-state index is 12.7. The average molecular weight is 369 g/mol. The van der Waals surface area contributed by atoms with E-state index in [4.69, 9.17) is 9.47 Å². The molecule has 0 saturated heterocycles. The lowest BCUT2D eigenvalue weighted by Crippen LogP contribution is -2.29. The van der Waals surface area contributed by atoms with Crippen molar-refractivity contribution in [1.29, 1.82) is 0 Å². The van der Waals surface area contributed by atoms with Gasteiger partial charge in [-0.15, -0.1) is 0 Å². The number of fused-ring (bicyclic) bond motifs is 1. The van der Waals surface area contributed by atoms with Gasteiger partial charge in [0.2, 0.25) is 5.95 Å². The zero-order valence-corrected chi connectivity index (χ0v) is 15.5. The van der Waals surface area contributed by atoms with E-state index in [9.17, 15) is 4.79 Å². The van der Waals surface area contributed by atoms with Crippen molar-refractivity contribution in [1.82, 2.24) is 20.2 Å². The summed E-state index contributed by atoms with van der Waals surface area (Å²) in [6.07, 6.45) is 3.57. The van der Waals surface area contributed by atoms with Crippen LogP contribution in [0.25, 0.3) is 0 Å². The molecule has 0 amide bonds. The number of carbonyl (C=O) groups excluding carboxylic acids is 1. The zero-order chi connectivity index (χ0) is 19.2. The van der Waals surface area contributed by atoms with Gasteiger partial charge in [-0.2, -0.15) is 4.68 Å². The van der Waals surface area contributed by atoms with Crippen molar-refractivity contribution < 1.29 is 14.3 Å². The molecule has 0 fully saturated rings. The van der Waals surface area contributed by atoms with Gasteiger partial charge < -0.3 is 14.8 Å².